The second-order valence-corrected chi connectivity index (χ2v) is 6.42. The van der Waals surface area contributed by atoms with Gasteiger partial charge >= 0.3 is 0 Å². The van der Waals surface area contributed by atoms with Crippen LogP contribution in [0, 0.1) is 0 Å². The monoisotopic (exact) mass is 340 g/mol. The Morgan fingerprint density at radius 2 is 1.76 bits per heavy atom. The molecule has 1 saturated carbocycles. The number of amides is 1. The van der Waals surface area contributed by atoms with Gasteiger partial charge in [-0.15, -0.1) is 0 Å². The van der Waals surface area contributed by atoms with Crippen LogP contribution in [0.1, 0.15) is 37.3 Å². The average molecular weight is 340 g/mol. The first-order chi connectivity index (χ1) is 12.1. The highest BCUT2D eigenvalue weighted by atomic mass is 16.5. The topological polar surface area (TPSA) is 84.6 Å². The molecule has 1 aliphatic carbocycles. The molecule has 5 heteroatoms. The first kappa shape index (κ1) is 17.3. The van der Waals surface area contributed by atoms with E-state index in [9.17, 15) is 9.90 Å². The molecule has 0 spiro atoms. The Morgan fingerprint density at radius 3 is 2.40 bits per heavy atom. The Bertz CT molecular complexity index is 688. The first-order valence-electron chi connectivity index (χ1n) is 8.69. The number of primary amides is 1. The van der Waals surface area contributed by atoms with Crippen molar-refractivity contribution in [2.24, 2.45) is 5.73 Å². The Labute approximate surface area is 147 Å². The molecule has 1 aliphatic rings. The third-order valence-corrected chi connectivity index (χ3v) is 4.54. The minimum Gasteiger partial charge on any atom is -0.488 e. The lowest BCUT2D eigenvalue weighted by Gasteiger charge is -2.28. The van der Waals surface area contributed by atoms with Crippen molar-refractivity contribution in [1.29, 1.82) is 0 Å². The predicted octanol–water partition coefficient (Wildman–Crippen LogP) is 3.01. The Morgan fingerprint density at radius 1 is 1.08 bits per heavy atom. The summed E-state index contributed by atoms with van der Waals surface area (Å²) in [4.78, 5) is 11.8. The number of nitrogens with one attached hydrogen (secondary N) is 1. The summed E-state index contributed by atoms with van der Waals surface area (Å²) in [7, 11) is 0. The van der Waals surface area contributed by atoms with Crippen molar-refractivity contribution in [3.05, 3.63) is 60.2 Å². The number of benzene rings is 2. The molecule has 3 unspecified atom stereocenters. The lowest BCUT2D eigenvalue weighted by Crippen LogP contribution is -2.34. The molecule has 3 atom stereocenters. The van der Waals surface area contributed by atoms with Crippen LogP contribution in [0.25, 0.3) is 0 Å². The van der Waals surface area contributed by atoms with Gasteiger partial charge in [0.05, 0.1) is 6.10 Å². The molecule has 25 heavy (non-hydrogen) atoms. The fourth-order valence-corrected chi connectivity index (χ4v) is 3.15. The number of rotatable bonds is 6. The molecule has 0 heterocycles. The highest BCUT2D eigenvalue weighted by Gasteiger charge is 2.24. The van der Waals surface area contributed by atoms with E-state index in [2.05, 4.69) is 5.32 Å². The van der Waals surface area contributed by atoms with Gasteiger partial charge in [0.15, 0.2) is 0 Å². The van der Waals surface area contributed by atoms with E-state index in [1.165, 1.54) is 0 Å². The van der Waals surface area contributed by atoms with Gasteiger partial charge in [-0.1, -0.05) is 36.8 Å². The lowest BCUT2D eigenvalue weighted by molar-refractivity contribution is -0.118. The Hall–Kier alpha value is -2.53. The van der Waals surface area contributed by atoms with Crippen LogP contribution in [-0.4, -0.2) is 23.2 Å². The van der Waals surface area contributed by atoms with E-state index < -0.39 is 18.1 Å². The number of carbonyl (C=O) groups excluding carboxylic acids is 1. The Kier molecular flexibility index (Phi) is 5.56. The van der Waals surface area contributed by atoms with Crippen LogP contribution in [0.2, 0.25) is 0 Å². The van der Waals surface area contributed by atoms with Gasteiger partial charge in [0.2, 0.25) is 5.91 Å². The summed E-state index contributed by atoms with van der Waals surface area (Å²) in [6, 6.07) is 16.2. The number of nitrogens with two attached hydrogens (primary N) is 1. The first-order valence-corrected chi connectivity index (χ1v) is 8.69. The van der Waals surface area contributed by atoms with E-state index in [-0.39, 0.29) is 6.10 Å². The molecule has 132 valence electrons. The fourth-order valence-electron chi connectivity index (χ4n) is 3.15. The van der Waals surface area contributed by atoms with Crippen LogP contribution in [-0.2, 0) is 4.79 Å². The van der Waals surface area contributed by atoms with Crippen LogP contribution in [0.4, 0.5) is 5.69 Å². The third-order valence-electron chi connectivity index (χ3n) is 4.54. The number of aliphatic hydroxyl groups is 1. The fraction of sp³-hybridized carbons (Fsp3) is 0.350. The van der Waals surface area contributed by atoms with Crippen LogP contribution < -0.4 is 15.8 Å². The van der Waals surface area contributed by atoms with Crippen LogP contribution in [0.5, 0.6) is 5.75 Å². The van der Waals surface area contributed by atoms with Gasteiger partial charge in [-0.2, -0.15) is 0 Å². The summed E-state index contributed by atoms with van der Waals surface area (Å²) in [5, 5.41) is 13.2. The standard InChI is InChI=1S/C20H24N2O3/c21-20(24)19(14-6-2-1-3-7-14)22-15-10-12-16(13-11-15)25-18-9-5-4-8-17(18)23/h1-3,6-7,10-13,17-19,22-23H,4-5,8-9H2,(H2,21,24). The number of ether oxygens (including phenoxy) is 1. The molecular weight excluding hydrogens is 316 g/mol. The average Bonchev–Trinajstić information content (AvgIpc) is 2.63. The normalized spacial score (nSPS) is 21.3. The zero-order chi connectivity index (χ0) is 17.6. The number of anilines is 1. The van der Waals surface area contributed by atoms with Crippen LogP contribution in [0.15, 0.2) is 54.6 Å². The summed E-state index contributed by atoms with van der Waals surface area (Å²) in [6.45, 7) is 0. The molecule has 2 aromatic carbocycles. The molecule has 3 rings (SSSR count). The number of hydrogen-bond donors (Lipinski definition) is 3. The van der Waals surface area contributed by atoms with Gasteiger partial charge < -0.3 is 20.9 Å². The van der Waals surface area contributed by atoms with E-state index in [0.29, 0.717) is 5.75 Å². The summed E-state index contributed by atoms with van der Waals surface area (Å²) in [5.74, 6) is 0.281. The van der Waals surface area contributed by atoms with Crippen LogP contribution >= 0.6 is 0 Å². The van der Waals surface area contributed by atoms with Crippen molar-refractivity contribution >= 4 is 11.6 Å². The summed E-state index contributed by atoms with van der Waals surface area (Å²) < 4.78 is 5.89. The van der Waals surface area contributed by atoms with E-state index >= 15 is 0 Å². The molecule has 0 aromatic heterocycles. The van der Waals surface area contributed by atoms with Gasteiger partial charge in [-0.25, -0.2) is 0 Å². The minimum atomic E-state index is -0.590. The molecule has 1 amide bonds. The summed E-state index contributed by atoms with van der Waals surface area (Å²) in [5.41, 5.74) is 7.13. The number of carbonyl (C=O) groups is 1. The largest absolute Gasteiger partial charge is 0.488 e. The molecule has 0 aliphatic heterocycles. The van der Waals surface area contributed by atoms with Crippen molar-refractivity contribution in [3.8, 4) is 5.75 Å². The SMILES string of the molecule is NC(=O)C(Nc1ccc(OC2CCCCC2O)cc1)c1ccccc1. The summed E-state index contributed by atoms with van der Waals surface area (Å²) >= 11 is 0. The van der Waals surface area contributed by atoms with E-state index in [1.54, 1.807) is 0 Å². The second kappa shape index (κ2) is 8.03. The van der Waals surface area contributed by atoms with E-state index in [0.717, 1.165) is 36.9 Å². The predicted molar refractivity (Wildman–Crippen MR) is 97.3 cm³/mol. The minimum absolute atomic E-state index is 0.143. The molecule has 2 aromatic rings. The highest BCUT2D eigenvalue weighted by Crippen LogP contribution is 2.26. The highest BCUT2D eigenvalue weighted by molar-refractivity contribution is 5.84. The lowest BCUT2D eigenvalue weighted by atomic mass is 9.95. The quantitative estimate of drug-likeness (QED) is 0.755. The van der Waals surface area contributed by atoms with Gasteiger partial charge in [0, 0.05) is 5.69 Å². The molecule has 4 N–H and O–H groups in total. The maximum atomic E-state index is 11.8. The van der Waals surface area contributed by atoms with Gasteiger partial charge in [0.25, 0.3) is 0 Å². The summed E-state index contributed by atoms with van der Waals surface area (Å²) in [6.07, 6.45) is 3.26. The number of hydrogen-bond acceptors (Lipinski definition) is 4. The van der Waals surface area contributed by atoms with Gasteiger partial charge in [0.1, 0.15) is 17.9 Å². The molecule has 0 radical (unpaired) electrons. The van der Waals surface area contributed by atoms with E-state index in [1.807, 2.05) is 54.6 Å². The van der Waals surface area contributed by atoms with Crippen molar-refractivity contribution < 1.29 is 14.6 Å². The van der Waals surface area contributed by atoms with Crippen molar-refractivity contribution in [2.45, 2.75) is 43.9 Å². The molecule has 0 saturated heterocycles. The van der Waals surface area contributed by atoms with Crippen molar-refractivity contribution in [1.82, 2.24) is 0 Å². The maximum absolute atomic E-state index is 11.8. The third kappa shape index (κ3) is 4.51. The zero-order valence-corrected chi connectivity index (χ0v) is 14.1. The van der Waals surface area contributed by atoms with Crippen LogP contribution in [0.3, 0.4) is 0 Å². The molecule has 0 bridgehead atoms. The van der Waals surface area contributed by atoms with Crippen molar-refractivity contribution in [3.63, 3.8) is 0 Å². The van der Waals surface area contributed by atoms with Gasteiger partial charge in [-0.05, 0) is 49.1 Å². The van der Waals surface area contributed by atoms with E-state index in [4.69, 9.17) is 10.5 Å². The second-order valence-electron chi connectivity index (χ2n) is 6.42. The smallest absolute Gasteiger partial charge is 0.244 e. The molecule has 5 nitrogen and oxygen atoms in total. The van der Waals surface area contributed by atoms with Gasteiger partial charge in [-0.3, -0.25) is 4.79 Å². The molecular formula is C20H24N2O3. The van der Waals surface area contributed by atoms with Crippen molar-refractivity contribution in [2.75, 3.05) is 5.32 Å². The number of aliphatic hydroxyl groups excluding tert-OH is 1. The maximum Gasteiger partial charge on any atom is 0.244 e. The Balaban J connectivity index is 1.66. The zero-order valence-electron chi connectivity index (χ0n) is 14.1. The molecule has 1 fully saturated rings.